The van der Waals surface area contributed by atoms with E-state index in [9.17, 15) is 9.59 Å². The summed E-state index contributed by atoms with van der Waals surface area (Å²) in [6.45, 7) is 0. The Labute approximate surface area is 169 Å². The molecule has 2 aromatic carbocycles. The Morgan fingerprint density at radius 1 is 0.793 bits per heavy atom. The number of carbonyl (C=O) groups excluding carboxylic acids is 2. The molecule has 0 aliphatic heterocycles. The zero-order valence-corrected chi connectivity index (χ0v) is 17.1. The van der Waals surface area contributed by atoms with Crippen molar-refractivity contribution in [3.63, 3.8) is 0 Å². The van der Waals surface area contributed by atoms with E-state index in [0.29, 0.717) is 34.1 Å². The van der Waals surface area contributed by atoms with Crippen LogP contribution in [0.3, 0.4) is 0 Å². The zero-order valence-electron chi connectivity index (χ0n) is 17.1. The molecule has 2 aromatic rings. The average molecular weight is 403 g/mol. The van der Waals surface area contributed by atoms with Gasteiger partial charge in [-0.2, -0.15) is 0 Å². The van der Waals surface area contributed by atoms with Crippen molar-refractivity contribution >= 4 is 11.9 Å². The second kappa shape index (κ2) is 10.2. The standard InChI is InChI=1S/C21H25NO7/c1-25-16-8-6-13(10-18(16)27-3)15(12-20(23)29-5)22-21(24)14-7-9-17(26-2)19(11-14)28-4/h6-11,15H,12H2,1-5H3,(H,22,24). The van der Waals surface area contributed by atoms with Crippen molar-refractivity contribution in [2.24, 2.45) is 0 Å². The molecule has 0 radical (unpaired) electrons. The van der Waals surface area contributed by atoms with Crippen molar-refractivity contribution in [3.05, 3.63) is 47.5 Å². The maximum atomic E-state index is 12.8. The normalized spacial score (nSPS) is 11.2. The summed E-state index contributed by atoms with van der Waals surface area (Å²) in [5.41, 5.74) is 1.03. The minimum Gasteiger partial charge on any atom is -0.493 e. The zero-order chi connectivity index (χ0) is 21.4. The fourth-order valence-corrected chi connectivity index (χ4v) is 2.79. The predicted molar refractivity (Wildman–Crippen MR) is 106 cm³/mol. The highest BCUT2D eigenvalue weighted by Gasteiger charge is 2.22. The molecule has 0 spiro atoms. The fourth-order valence-electron chi connectivity index (χ4n) is 2.79. The molecule has 1 unspecified atom stereocenters. The van der Waals surface area contributed by atoms with Crippen LogP contribution in [0.15, 0.2) is 36.4 Å². The Morgan fingerprint density at radius 3 is 1.90 bits per heavy atom. The monoisotopic (exact) mass is 403 g/mol. The van der Waals surface area contributed by atoms with E-state index in [1.54, 1.807) is 36.4 Å². The van der Waals surface area contributed by atoms with Crippen LogP contribution in [0.5, 0.6) is 23.0 Å². The maximum absolute atomic E-state index is 12.8. The molecule has 0 bridgehead atoms. The molecule has 0 saturated carbocycles. The molecule has 156 valence electrons. The number of carbonyl (C=O) groups is 2. The SMILES string of the molecule is COC(=O)CC(NC(=O)c1ccc(OC)c(OC)c1)c1ccc(OC)c(OC)c1. The summed E-state index contributed by atoms with van der Waals surface area (Å²) in [7, 11) is 7.34. The first-order valence-corrected chi connectivity index (χ1v) is 8.79. The summed E-state index contributed by atoms with van der Waals surface area (Å²) in [5.74, 6) is 1.12. The molecule has 8 heteroatoms. The number of ether oxygens (including phenoxy) is 5. The van der Waals surface area contributed by atoms with Crippen molar-refractivity contribution in [2.75, 3.05) is 35.5 Å². The highest BCUT2D eigenvalue weighted by atomic mass is 16.5. The van der Waals surface area contributed by atoms with Crippen LogP contribution in [-0.4, -0.2) is 47.4 Å². The van der Waals surface area contributed by atoms with Crippen LogP contribution in [-0.2, 0) is 9.53 Å². The quantitative estimate of drug-likeness (QED) is 0.644. The Bertz CT molecular complexity index is 866. The molecule has 0 aromatic heterocycles. The minimum atomic E-state index is -0.636. The van der Waals surface area contributed by atoms with Crippen LogP contribution in [0.1, 0.15) is 28.4 Å². The molecule has 0 fully saturated rings. The summed E-state index contributed by atoms with van der Waals surface area (Å²) in [6.07, 6.45) is -0.0506. The van der Waals surface area contributed by atoms with E-state index in [1.807, 2.05) is 0 Å². The minimum absolute atomic E-state index is 0.0506. The number of benzene rings is 2. The third-order valence-corrected chi connectivity index (χ3v) is 4.36. The number of methoxy groups -OCH3 is 5. The fraction of sp³-hybridized carbons (Fsp3) is 0.333. The van der Waals surface area contributed by atoms with Crippen LogP contribution in [0.25, 0.3) is 0 Å². The summed E-state index contributed by atoms with van der Waals surface area (Å²) in [6, 6.07) is 9.35. The van der Waals surface area contributed by atoms with Gasteiger partial charge in [0.15, 0.2) is 23.0 Å². The lowest BCUT2D eigenvalue weighted by atomic mass is 10.0. The second-order valence-corrected chi connectivity index (χ2v) is 5.99. The molecule has 1 N–H and O–H groups in total. The molecule has 1 atom stereocenters. The van der Waals surface area contributed by atoms with Crippen molar-refractivity contribution in [2.45, 2.75) is 12.5 Å². The van der Waals surface area contributed by atoms with Gasteiger partial charge in [-0.05, 0) is 35.9 Å². The van der Waals surface area contributed by atoms with Gasteiger partial charge in [-0.15, -0.1) is 0 Å². The number of nitrogens with one attached hydrogen (secondary N) is 1. The van der Waals surface area contributed by atoms with E-state index in [2.05, 4.69) is 5.32 Å². The first kappa shape index (κ1) is 21.9. The van der Waals surface area contributed by atoms with Gasteiger partial charge >= 0.3 is 5.97 Å². The Morgan fingerprint density at radius 2 is 1.34 bits per heavy atom. The number of hydrogen-bond donors (Lipinski definition) is 1. The highest BCUT2D eigenvalue weighted by molar-refractivity contribution is 5.95. The van der Waals surface area contributed by atoms with Crippen LogP contribution >= 0.6 is 0 Å². The van der Waals surface area contributed by atoms with Gasteiger partial charge in [0.05, 0.1) is 48.0 Å². The molecular formula is C21H25NO7. The largest absolute Gasteiger partial charge is 0.493 e. The lowest BCUT2D eigenvalue weighted by molar-refractivity contribution is -0.141. The van der Waals surface area contributed by atoms with Crippen LogP contribution in [0.2, 0.25) is 0 Å². The Balaban J connectivity index is 2.33. The van der Waals surface area contributed by atoms with Gasteiger partial charge in [0, 0.05) is 5.56 Å². The van der Waals surface area contributed by atoms with E-state index in [-0.39, 0.29) is 12.3 Å². The third-order valence-electron chi connectivity index (χ3n) is 4.36. The first-order valence-electron chi connectivity index (χ1n) is 8.79. The van der Waals surface area contributed by atoms with Crippen LogP contribution in [0, 0.1) is 0 Å². The second-order valence-electron chi connectivity index (χ2n) is 5.99. The number of hydrogen-bond acceptors (Lipinski definition) is 7. The van der Waals surface area contributed by atoms with Gasteiger partial charge in [0.25, 0.3) is 5.91 Å². The molecule has 1 amide bonds. The summed E-state index contributed by atoms with van der Waals surface area (Å²) >= 11 is 0. The molecule has 29 heavy (non-hydrogen) atoms. The van der Waals surface area contributed by atoms with Crippen molar-refractivity contribution in [3.8, 4) is 23.0 Å². The van der Waals surface area contributed by atoms with E-state index in [4.69, 9.17) is 23.7 Å². The molecule has 0 heterocycles. The van der Waals surface area contributed by atoms with Gasteiger partial charge in [-0.25, -0.2) is 0 Å². The van der Waals surface area contributed by atoms with Gasteiger partial charge in [0.1, 0.15) is 0 Å². The van der Waals surface area contributed by atoms with E-state index < -0.39 is 12.0 Å². The van der Waals surface area contributed by atoms with Gasteiger partial charge in [0.2, 0.25) is 0 Å². The predicted octanol–water partition coefficient (Wildman–Crippen LogP) is 2.76. The van der Waals surface area contributed by atoms with E-state index in [0.717, 1.165) is 0 Å². The Kier molecular flexibility index (Phi) is 7.70. The van der Waals surface area contributed by atoms with Crippen LogP contribution in [0.4, 0.5) is 0 Å². The molecule has 0 aliphatic rings. The molecule has 8 nitrogen and oxygen atoms in total. The molecule has 0 saturated heterocycles. The van der Waals surface area contributed by atoms with Gasteiger partial charge in [-0.1, -0.05) is 6.07 Å². The summed E-state index contributed by atoms with van der Waals surface area (Å²) < 4.78 is 25.8. The molecule has 0 aliphatic carbocycles. The van der Waals surface area contributed by atoms with Crippen LogP contribution < -0.4 is 24.3 Å². The number of rotatable bonds is 9. The topological polar surface area (TPSA) is 92.3 Å². The summed E-state index contributed by atoms with van der Waals surface area (Å²) in [4.78, 5) is 24.7. The van der Waals surface area contributed by atoms with E-state index >= 15 is 0 Å². The number of amides is 1. The lowest BCUT2D eigenvalue weighted by Gasteiger charge is -2.20. The summed E-state index contributed by atoms with van der Waals surface area (Å²) in [5, 5.41) is 2.86. The van der Waals surface area contributed by atoms with Gasteiger partial charge < -0.3 is 29.0 Å². The molecular weight excluding hydrogens is 378 g/mol. The smallest absolute Gasteiger partial charge is 0.307 e. The highest BCUT2D eigenvalue weighted by Crippen LogP contribution is 2.32. The van der Waals surface area contributed by atoms with Gasteiger partial charge in [-0.3, -0.25) is 9.59 Å². The lowest BCUT2D eigenvalue weighted by Crippen LogP contribution is -2.30. The van der Waals surface area contributed by atoms with Crippen molar-refractivity contribution in [1.29, 1.82) is 0 Å². The number of esters is 1. The first-order chi connectivity index (χ1) is 14.0. The average Bonchev–Trinajstić information content (AvgIpc) is 2.77. The van der Waals surface area contributed by atoms with Crippen molar-refractivity contribution < 1.29 is 33.3 Å². The Hall–Kier alpha value is -3.42. The van der Waals surface area contributed by atoms with Crippen molar-refractivity contribution in [1.82, 2.24) is 5.32 Å². The molecule has 2 rings (SSSR count). The maximum Gasteiger partial charge on any atom is 0.307 e. The third kappa shape index (κ3) is 5.31. The van der Waals surface area contributed by atoms with E-state index in [1.165, 1.54) is 35.5 Å².